The second kappa shape index (κ2) is 5.38. The van der Waals surface area contributed by atoms with Gasteiger partial charge < -0.3 is 9.84 Å². The van der Waals surface area contributed by atoms with Gasteiger partial charge in [-0.3, -0.25) is 4.68 Å². The largest absolute Gasteiger partial charge is 0.334 e. The number of aromatic nitrogens is 4. The minimum atomic E-state index is 0.368. The summed E-state index contributed by atoms with van der Waals surface area (Å²) in [6.45, 7) is 1.95. The number of hydrogen-bond acceptors (Lipinski definition) is 5. The zero-order valence-electron chi connectivity index (χ0n) is 12.4. The highest BCUT2D eigenvalue weighted by Crippen LogP contribution is 2.26. The van der Waals surface area contributed by atoms with Crippen molar-refractivity contribution in [1.82, 2.24) is 25.2 Å². The van der Waals surface area contributed by atoms with Gasteiger partial charge >= 0.3 is 0 Å². The number of rotatable bonds is 3. The molecule has 3 aromatic rings. The van der Waals surface area contributed by atoms with Gasteiger partial charge in [0.25, 0.3) is 5.89 Å². The van der Waals surface area contributed by atoms with E-state index in [1.54, 1.807) is 4.68 Å². The first-order valence-corrected chi connectivity index (χ1v) is 7.43. The third-order valence-electron chi connectivity index (χ3n) is 4.04. The molecule has 3 heterocycles. The Labute approximate surface area is 128 Å². The minimum Gasteiger partial charge on any atom is -0.334 e. The molecule has 1 saturated heterocycles. The fourth-order valence-electron chi connectivity index (χ4n) is 2.77. The Morgan fingerprint density at radius 1 is 1.18 bits per heavy atom. The van der Waals surface area contributed by atoms with E-state index in [1.165, 1.54) is 0 Å². The lowest BCUT2D eigenvalue weighted by atomic mass is 10.1. The molecule has 1 aliphatic heterocycles. The molecular weight excluding hydrogens is 278 g/mol. The Kier molecular flexibility index (Phi) is 3.23. The minimum absolute atomic E-state index is 0.368. The van der Waals surface area contributed by atoms with E-state index >= 15 is 0 Å². The molecule has 1 unspecified atom stereocenters. The molecule has 0 saturated carbocycles. The second-order valence-corrected chi connectivity index (χ2v) is 5.63. The summed E-state index contributed by atoms with van der Waals surface area (Å²) in [4.78, 5) is 4.53. The van der Waals surface area contributed by atoms with Gasteiger partial charge in [-0.15, -0.1) is 0 Å². The van der Waals surface area contributed by atoms with E-state index in [0.717, 1.165) is 42.0 Å². The van der Waals surface area contributed by atoms with Gasteiger partial charge in [-0.25, -0.2) is 0 Å². The first-order valence-electron chi connectivity index (χ1n) is 7.43. The van der Waals surface area contributed by atoms with E-state index in [4.69, 9.17) is 4.52 Å². The normalized spacial score (nSPS) is 18.0. The van der Waals surface area contributed by atoms with Crippen molar-refractivity contribution >= 4 is 0 Å². The molecule has 0 bridgehead atoms. The molecule has 1 aliphatic rings. The summed E-state index contributed by atoms with van der Waals surface area (Å²) >= 11 is 0. The summed E-state index contributed by atoms with van der Waals surface area (Å²) in [6.07, 6.45) is 4.92. The van der Waals surface area contributed by atoms with Crippen LogP contribution in [0.4, 0.5) is 0 Å². The molecule has 0 spiro atoms. The van der Waals surface area contributed by atoms with Crippen LogP contribution in [-0.2, 0) is 7.05 Å². The van der Waals surface area contributed by atoms with Gasteiger partial charge in [0.15, 0.2) is 5.82 Å². The predicted molar refractivity (Wildman–Crippen MR) is 82.2 cm³/mol. The third kappa shape index (κ3) is 2.42. The summed E-state index contributed by atoms with van der Waals surface area (Å²) in [7, 11) is 1.91. The summed E-state index contributed by atoms with van der Waals surface area (Å²) in [6, 6.07) is 8.11. The summed E-state index contributed by atoms with van der Waals surface area (Å²) in [5.41, 5.74) is 3.16. The molecule has 22 heavy (non-hydrogen) atoms. The van der Waals surface area contributed by atoms with Gasteiger partial charge in [0.2, 0.25) is 0 Å². The monoisotopic (exact) mass is 295 g/mol. The van der Waals surface area contributed by atoms with Crippen LogP contribution in [0.3, 0.4) is 0 Å². The van der Waals surface area contributed by atoms with Crippen LogP contribution in [0.15, 0.2) is 41.2 Å². The van der Waals surface area contributed by atoms with Crippen LogP contribution in [0.2, 0.25) is 0 Å². The van der Waals surface area contributed by atoms with Crippen LogP contribution in [0.1, 0.15) is 18.2 Å². The quantitative estimate of drug-likeness (QED) is 0.802. The Morgan fingerprint density at radius 2 is 2.00 bits per heavy atom. The lowest BCUT2D eigenvalue weighted by Gasteiger charge is -2.00. The maximum Gasteiger partial charge on any atom is 0.257 e. The van der Waals surface area contributed by atoms with Crippen molar-refractivity contribution in [2.24, 2.45) is 7.05 Å². The summed E-state index contributed by atoms with van der Waals surface area (Å²) in [5.74, 6) is 1.75. The predicted octanol–water partition coefficient (Wildman–Crippen LogP) is 2.21. The maximum absolute atomic E-state index is 5.41. The zero-order valence-corrected chi connectivity index (χ0v) is 12.4. The van der Waals surface area contributed by atoms with Crippen molar-refractivity contribution < 1.29 is 4.52 Å². The van der Waals surface area contributed by atoms with E-state index in [1.807, 2.05) is 43.7 Å². The van der Waals surface area contributed by atoms with E-state index in [0.29, 0.717) is 11.8 Å². The van der Waals surface area contributed by atoms with Gasteiger partial charge in [-0.2, -0.15) is 10.1 Å². The molecule has 4 rings (SSSR count). The van der Waals surface area contributed by atoms with Crippen molar-refractivity contribution in [2.75, 3.05) is 13.1 Å². The Morgan fingerprint density at radius 3 is 2.68 bits per heavy atom. The zero-order chi connectivity index (χ0) is 14.9. The van der Waals surface area contributed by atoms with Crippen molar-refractivity contribution in [1.29, 1.82) is 0 Å². The second-order valence-electron chi connectivity index (χ2n) is 5.63. The Bertz CT molecular complexity index is 768. The molecule has 6 heteroatoms. The molecule has 0 aliphatic carbocycles. The number of aryl methyl sites for hydroxylation is 1. The smallest absolute Gasteiger partial charge is 0.257 e. The van der Waals surface area contributed by atoms with Crippen molar-refractivity contribution in [3.63, 3.8) is 0 Å². The van der Waals surface area contributed by atoms with Gasteiger partial charge in [0.05, 0.1) is 6.20 Å². The lowest BCUT2D eigenvalue weighted by molar-refractivity contribution is 0.417. The molecule has 112 valence electrons. The summed E-state index contributed by atoms with van der Waals surface area (Å²) in [5, 5.41) is 11.6. The molecule has 1 N–H and O–H groups in total. The first-order chi connectivity index (χ1) is 10.8. The van der Waals surface area contributed by atoms with Crippen LogP contribution in [0.5, 0.6) is 0 Å². The van der Waals surface area contributed by atoms with Crippen molar-refractivity contribution in [3.05, 3.63) is 42.5 Å². The van der Waals surface area contributed by atoms with Crippen LogP contribution >= 0.6 is 0 Å². The van der Waals surface area contributed by atoms with Crippen molar-refractivity contribution in [2.45, 2.75) is 12.3 Å². The lowest BCUT2D eigenvalue weighted by Crippen LogP contribution is -2.08. The average Bonchev–Trinajstić information content (AvgIpc) is 3.28. The molecule has 2 aromatic heterocycles. The molecule has 1 atom stereocenters. The highest BCUT2D eigenvalue weighted by atomic mass is 16.5. The average molecular weight is 295 g/mol. The molecule has 0 amide bonds. The molecule has 6 nitrogen and oxygen atoms in total. The third-order valence-corrected chi connectivity index (χ3v) is 4.04. The van der Waals surface area contributed by atoms with Gasteiger partial charge in [0.1, 0.15) is 0 Å². The number of nitrogens with one attached hydrogen (secondary N) is 1. The van der Waals surface area contributed by atoms with Gasteiger partial charge in [-0.1, -0.05) is 17.3 Å². The Balaban J connectivity index is 1.58. The molecule has 0 radical (unpaired) electrons. The standard InChI is InChI=1S/C16H17N5O/c1-21-10-14(9-18-21)11-2-4-12(5-3-11)16-19-15(20-22-16)13-6-7-17-8-13/h2-5,9-10,13,17H,6-8H2,1H3. The highest BCUT2D eigenvalue weighted by molar-refractivity contribution is 5.66. The number of benzene rings is 1. The highest BCUT2D eigenvalue weighted by Gasteiger charge is 2.22. The van der Waals surface area contributed by atoms with Crippen LogP contribution in [0.25, 0.3) is 22.6 Å². The van der Waals surface area contributed by atoms with Gasteiger partial charge in [0, 0.05) is 36.8 Å². The van der Waals surface area contributed by atoms with Crippen LogP contribution in [0, 0.1) is 0 Å². The number of hydrogen-bond donors (Lipinski definition) is 1. The van der Waals surface area contributed by atoms with E-state index < -0.39 is 0 Å². The molecular formula is C16H17N5O. The maximum atomic E-state index is 5.41. The fourth-order valence-corrected chi connectivity index (χ4v) is 2.77. The first kappa shape index (κ1) is 13.2. The SMILES string of the molecule is Cn1cc(-c2ccc(-c3nc(C4CCNC4)no3)cc2)cn1. The van der Waals surface area contributed by atoms with E-state index in [9.17, 15) is 0 Å². The van der Waals surface area contributed by atoms with Gasteiger partial charge in [-0.05, 0) is 30.7 Å². The Hall–Kier alpha value is -2.47. The summed E-state index contributed by atoms with van der Waals surface area (Å²) < 4.78 is 7.20. The van der Waals surface area contributed by atoms with E-state index in [2.05, 4.69) is 20.6 Å². The van der Waals surface area contributed by atoms with Crippen molar-refractivity contribution in [3.8, 4) is 22.6 Å². The van der Waals surface area contributed by atoms with E-state index in [-0.39, 0.29) is 0 Å². The van der Waals surface area contributed by atoms with Crippen LogP contribution < -0.4 is 5.32 Å². The topological polar surface area (TPSA) is 68.8 Å². The fraction of sp³-hybridized carbons (Fsp3) is 0.312. The molecule has 1 fully saturated rings. The molecule has 1 aromatic carbocycles. The van der Waals surface area contributed by atoms with Crippen LogP contribution in [-0.4, -0.2) is 33.0 Å². The number of nitrogens with zero attached hydrogens (tertiary/aromatic N) is 4.